The second-order valence-electron chi connectivity index (χ2n) is 7.09. The first-order valence-corrected chi connectivity index (χ1v) is 12.2. The summed E-state index contributed by atoms with van der Waals surface area (Å²) in [7, 11) is 0. The lowest BCUT2D eigenvalue weighted by molar-refractivity contribution is -0.145. The molecule has 1 atom stereocenters. The van der Waals surface area contributed by atoms with Crippen LogP contribution in [0, 0.1) is 6.92 Å². The standard InChI is InChI=1S/C26H25IO3S/c1-3-24(26(28)29)30-25-14-13-22(17-18(25)2)31-16-15-23(27)21-11-9-20(10-12-21)19-7-5-4-6-8-19/h4-15,17,24H,3,16H2,1-2H3,(H,28,29). The predicted octanol–water partition coefficient (Wildman–Crippen LogP) is 7.47. The highest BCUT2D eigenvalue weighted by atomic mass is 127. The molecule has 160 valence electrons. The molecule has 5 heteroatoms. The number of ether oxygens (including phenoxy) is 1. The monoisotopic (exact) mass is 544 g/mol. The molecular weight excluding hydrogens is 519 g/mol. The van der Waals surface area contributed by atoms with Gasteiger partial charge in [-0.3, -0.25) is 0 Å². The molecule has 0 aromatic heterocycles. The van der Waals surface area contributed by atoms with Gasteiger partial charge < -0.3 is 9.84 Å². The van der Waals surface area contributed by atoms with Gasteiger partial charge in [0.2, 0.25) is 0 Å². The number of aryl methyl sites for hydroxylation is 1. The van der Waals surface area contributed by atoms with Gasteiger partial charge in [0, 0.05) is 14.2 Å². The predicted molar refractivity (Wildman–Crippen MR) is 138 cm³/mol. The third-order valence-corrected chi connectivity index (χ3v) is 6.83. The Hall–Kier alpha value is -2.25. The Labute approximate surface area is 201 Å². The maximum Gasteiger partial charge on any atom is 0.344 e. The molecule has 0 aliphatic rings. The summed E-state index contributed by atoms with van der Waals surface area (Å²) in [6.45, 7) is 3.75. The molecule has 0 saturated heterocycles. The summed E-state index contributed by atoms with van der Waals surface area (Å²) in [4.78, 5) is 12.3. The van der Waals surface area contributed by atoms with Crippen LogP contribution in [0.4, 0.5) is 0 Å². The van der Waals surface area contributed by atoms with Gasteiger partial charge in [-0.05, 0) is 76.4 Å². The van der Waals surface area contributed by atoms with Crippen molar-refractivity contribution in [2.45, 2.75) is 31.3 Å². The molecule has 0 aliphatic heterocycles. The van der Waals surface area contributed by atoms with E-state index in [2.05, 4.69) is 77.2 Å². The second-order valence-corrected chi connectivity index (χ2v) is 9.34. The van der Waals surface area contributed by atoms with Crippen LogP contribution in [-0.2, 0) is 4.79 Å². The van der Waals surface area contributed by atoms with Gasteiger partial charge in [-0.15, -0.1) is 11.8 Å². The first-order chi connectivity index (χ1) is 15.0. The first kappa shape index (κ1) is 23.4. The zero-order chi connectivity index (χ0) is 22.2. The molecule has 0 spiro atoms. The molecule has 1 unspecified atom stereocenters. The first-order valence-electron chi connectivity index (χ1n) is 10.1. The van der Waals surface area contributed by atoms with E-state index in [1.807, 2.05) is 38.1 Å². The number of hydrogen-bond acceptors (Lipinski definition) is 3. The number of rotatable bonds is 9. The van der Waals surface area contributed by atoms with E-state index in [0.717, 1.165) is 16.2 Å². The van der Waals surface area contributed by atoms with E-state index in [1.165, 1.54) is 20.3 Å². The molecule has 3 aromatic rings. The van der Waals surface area contributed by atoms with Crippen LogP contribution >= 0.6 is 34.4 Å². The number of halogens is 1. The Morgan fingerprint density at radius 2 is 1.74 bits per heavy atom. The molecule has 0 radical (unpaired) electrons. The number of thioether (sulfide) groups is 1. The van der Waals surface area contributed by atoms with Crippen molar-refractivity contribution in [1.29, 1.82) is 0 Å². The quantitative estimate of drug-likeness (QED) is 0.224. The van der Waals surface area contributed by atoms with Crippen LogP contribution in [0.5, 0.6) is 5.75 Å². The molecule has 0 aliphatic carbocycles. The zero-order valence-corrected chi connectivity index (χ0v) is 20.5. The maximum absolute atomic E-state index is 11.2. The van der Waals surface area contributed by atoms with Crippen molar-refractivity contribution < 1.29 is 14.6 Å². The minimum Gasteiger partial charge on any atom is -0.479 e. The molecule has 31 heavy (non-hydrogen) atoms. The van der Waals surface area contributed by atoms with Gasteiger partial charge in [-0.1, -0.05) is 67.6 Å². The van der Waals surface area contributed by atoms with E-state index >= 15 is 0 Å². The van der Waals surface area contributed by atoms with Crippen molar-refractivity contribution in [2.75, 3.05) is 5.75 Å². The van der Waals surface area contributed by atoms with E-state index in [4.69, 9.17) is 4.74 Å². The fraction of sp³-hybridized carbons (Fsp3) is 0.192. The number of hydrogen-bond donors (Lipinski definition) is 1. The van der Waals surface area contributed by atoms with Gasteiger partial charge in [0.05, 0.1) is 0 Å². The Morgan fingerprint density at radius 3 is 2.35 bits per heavy atom. The average Bonchev–Trinajstić information content (AvgIpc) is 2.79. The fourth-order valence-electron chi connectivity index (χ4n) is 3.09. The summed E-state index contributed by atoms with van der Waals surface area (Å²) in [5.41, 5.74) is 4.59. The van der Waals surface area contributed by atoms with Crippen molar-refractivity contribution in [3.63, 3.8) is 0 Å². The molecule has 0 fully saturated rings. The molecule has 3 rings (SSSR count). The Bertz CT molecular complexity index is 1050. The lowest BCUT2D eigenvalue weighted by Crippen LogP contribution is -2.26. The molecule has 0 amide bonds. The fourth-order valence-corrected chi connectivity index (χ4v) is 4.83. The summed E-state index contributed by atoms with van der Waals surface area (Å²) in [5.74, 6) is 0.546. The van der Waals surface area contributed by atoms with Gasteiger partial charge in [0.1, 0.15) is 5.75 Å². The number of benzene rings is 3. The van der Waals surface area contributed by atoms with Gasteiger partial charge in [0.15, 0.2) is 6.10 Å². The van der Waals surface area contributed by atoms with Crippen LogP contribution in [-0.4, -0.2) is 22.9 Å². The summed E-state index contributed by atoms with van der Waals surface area (Å²) in [6, 6.07) is 24.9. The zero-order valence-electron chi connectivity index (χ0n) is 17.5. The number of carbonyl (C=O) groups is 1. The molecule has 3 aromatic carbocycles. The van der Waals surface area contributed by atoms with E-state index in [0.29, 0.717) is 12.2 Å². The highest BCUT2D eigenvalue weighted by Gasteiger charge is 2.17. The van der Waals surface area contributed by atoms with Crippen LogP contribution in [0.2, 0.25) is 0 Å². The molecule has 3 nitrogen and oxygen atoms in total. The highest BCUT2D eigenvalue weighted by molar-refractivity contribution is 14.1. The SMILES string of the molecule is CCC(Oc1ccc(SCC=C(I)c2ccc(-c3ccccc3)cc2)cc1C)C(=O)O. The minimum absolute atomic E-state index is 0.431. The van der Waals surface area contributed by atoms with Crippen LogP contribution in [0.15, 0.2) is 83.8 Å². The van der Waals surface area contributed by atoms with Gasteiger partial charge in [-0.2, -0.15) is 0 Å². The third-order valence-electron chi connectivity index (χ3n) is 4.84. The normalized spacial score (nSPS) is 12.4. The van der Waals surface area contributed by atoms with E-state index in [1.54, 1.807) is 11.8 Å². The van der Waals surface area contributed by atoms with Crippen LogP contribution in [0.1, 0.15) is 24.5 Å². The summed E-state index contributed by atoms with van der Waals surface area (Å²) >= 11 is 4.13. The molecule has 0 saturated carbocycles. The van der Waals surface area contributed by atoms with E-state index in [-0.39, 0.29) is 0 Å². The van der Waals surface area contributed by atoms with Crippen molar-refractivity contribution >= 4 is 43.9 Å². The van der Waals surface area contributed by atoms with Gasteiger partial charge >= 0.3 is 5.97 Å². The van der Waals surface area contributed by atoms with Crippen LogP contribution in [0.25, 0.3) is 14.7 Å². The van der Waals surface area contributed by atoms with Gasteiger partial charge in [0.25, 0.3) is 0 Å². The van der Waals surface area contributed by atoms with Crippen molar-refractivity contribution in [3.05, 3.63) is 90.0 Å². The second kappa shape index (κ2) is 11.4. The smallest absolute Gasteiger partial charge is 0.344 e. The summed E-state index contributed by atoms with van der Waals surface area (Å²) < 4.78 is 6.85. The van der Waals surface area contributed by atoms with E-state index < -0.39 is 12.1 Å². The maximum atomic E-state index is 11.2. The number of aliphatic carboxylic acids is 1. The molecule has 0 bridgehead atoms. The van der Waals surface area contributed by atoms with E-state index in [9.17, 15) is 9.90 Å². The Balaban J connectivity index is 1.59. The average molecular weight is 544 g/mol. The molecular formula is C26H25IO3S. The lowest BCUT2D eigenvalue weighted by Gasteiger charge is -2.15. The summed E-state index contributed by atoms with van der Waals surface area (Å²) in [6.07, 6.45) is 1.84. The number of carboxylic acid groups (broad SMARTS) is 1. The van der Waals surface area contributed by atoms with Crippen molar-refractivity contribution in [1.82, 2.24) is 0 Å². The molecule has 1 N–H and O–H groups in total. The highest BCUT2D eigenvalue weighted by Crippen LogP contribution is 2.29. The van der Waals surface area contributed by atoms with Gasteiger partial charge in [-0.25, -0.2) is 4.79 Å². The largest absolute Gasteiger partial charge is 0.479 e. The summed E-state index contributed by atoms with van der Waals surface area (Å²) in [5, 5.41) is 9.18. The third kappa shape index (κ3) is 6.61. The lowest BCUT2D eigenvalue weighted by atomic mass is 10.0. The minimum atomic E-state index is -0.933. The molecule has 0 heterocycles. The van der Waals surface area contributed by atoms with Crippen LogP contribution < -0.4 is 4.74 Å². The Kier molecular flexibility index (Phi) is 8.60. The van der Waals surface area contributed by atoms with Crippen LogP contribution in [0.3, 0.4) is 0 Å². The Morgan fingerprint density at radius 1 is 1.06 bits per heavy atom. The number of carboxylic acids is 1. The topological polar surface area (TPSA) is 46.5 Å². The van der Waals surface area contributed by atoms with Crippen molar-refractivity contribution in [3.8, 4) is 16.9 Å². The van der Waals surface area contributed by atoms with Crippen molar-refractivity contribution in [2.24, 2.45) is 0 Å².